The summed E-state index contributed by atoms with van der Waals surface area (Å²) in [6, 6.07) is 3.27. The number of aromatic amines is 1. The van der Waals surface area contributed by atoms with E-state index >= 15 is 0 Å². The van der Waals surface area contributed by atoms with Crippen molar-refractivity contribution in [1.82, 2.24) is 15.1 Å². The van der Waals surface area contributed by atoms with Crippen molar-refractivity contribution in [2.45, 2.75) is 6.54 Å². The van der Waals surface area contributed by atoms with Gasteiger partial charge in [0.15, 0.2) is 0 Å². The summed E-state index contributed by atoms with van der Waals surface area (Å²) in [5.41, 5.74) is 0.738. The van der Waals surface area contributed by atoms with Gasteiger partial charge in [0.2, 0.25) is 0 Å². The maximum Gasteiger partial charge on any atom is 0.271 e. The van der Waals surface area contributed by atoms with Gasteiger partial charge in [-0.1, -0.05) is 0 Å². The summed E-state index contributed by atoms with van der Waals surface area (Å²) < 4.78 is 27.8. The van der Waals surface area contributed by atoms with E-state index in [1.165, 1.54) is 10.7 Å². The topological polar surface area (TPSA) is 49.8 Å². The molecule has 18 heavy (non-hydrogen) atoms. The molecule has 1 heterocycles. The maximum absolute atomic E-state index is 13.7. The normalized spacial score (nSPS) is 10.9. The number of aryl methyl sites for hydroxylation is 1. The average molecular weight is 253 g/mol. The van der Waals surface area contributed by atoms with Gasteiger partial charge in [-0.3, -0.25) is 14.6 Å². The number of hydrogen-bond donors (Lipinski definition) is 2. The van der Waals surface area contributed by atoms with Gasteiger partial charge in [0.1, 0.15) is 11.6 Å². The molecule has 0 radical (unpaired) electrons. The van der Waals surface area contributed by atoms with E-state index in [4.69, 9.17) is 0 Å². The van der Waals surface area contributed by atoms with Crippen LogP contribution in [0.4, 0.5) is 8.78 Å². The third-order valence-electron chi connectivity index (χ3n) is 2.70. The molecule has 0 spiro atoms. The van der Waals surface area contributed by atoms with Crippen LogP contribution in [-0.2, 0) is 13.6 Å². The fourth-order valence-corrected chi connectivity index (χ4v) is 1.85. The molecule has 0 aliphatic heterocycles. The first kappa shape index (κ1) is 12.5. The third kappa shape index (κ3) is 2.06. The molecular formula is C12H13F2N3O. The zero-order valence-electron chi connectivity index (χ0n) is 10.1. The summed E-state index contributed by atoms with van der Waals surface area (Å²) >= 11 is 0. The van der Waals surface area contributed by atoms with E-state index < -0.39 is 11.6 Å². The van der Waals surface area contributed by atoms with Gasteiger partial charge >= 0.3 is 0 Å². The molecule has 96 valence electrons. The molecule has 6 heteroatoms. The number of nitrogens with zero attached hydrogens (tertiary/aromatic N) is 1. The summed E-state index contributed by atoms with van der Waals surface area (Å²) in [7, 11) is 3.24. The monoisotopic (exact) mass is 253 g/mol. The fourth-order valence-electron chi connectivity index (χ4n) is 1.85. The lowest BCUT2D eigenvalue weighted by Crippen LogP contribution is -2.19. The van der Waals surface area contributed by atoms with Crippen LogP contribution in [0.1, 0.15) is 5.56 Å². The van der Waals surface area contributed by atoms with E-state index in [9.17, 15) is 13.6 Å². The Kier molecular flexibility index (Phi) is 3.29. The SMILES string of the molecule is CNCc1c(-c2ccc(F)cc2F)[nH]n(C)c1=O. The molecule has 2 N–H and O–H groups in total. The molecule has 0 atom stereocenters. The van der Waals surface area contributed by atoms with Crippen LogP contribution in [0, 0.1) is 11.6 Å². The van der Waals surface area contributed by atoms with Crippen LogP contribution in [0.5, 0.6) is 0 Å². The quantitative estimate of drug-likeness (QED) is 0.868. The van der Waals surface area contributed by atoms with E-state index in [0.29, 0.717) is 17.8 Å². The van der Waals surface area contributed by atoms with Crippen molar-refractivity contribution in [3.8, 4) is 11.3 Å². The Labute approximate surface area is 102 Å². The standard InChI is InChI=1S/C12H13F2N3O/c1-15-6-9-11(16-17(2)12(9)18)8-4-3-7(13)5-10(8)14/h3-5,15-16H,6H2,1-2H3. The van der Waals surface area contributed by atoms with Gasteiger partial charge in [-0.2, -0.15) is 0 Å². The molecule has 0 saturated carbocycles. The number of aromatic nitrogens is 2. The molecule has 0 bridgehead atoms. The van der Waals surface area contributed by atoms with E-state index in [1.807, 2.05) is 0 Å². The second kappa shape index (κ2) is 4.73. The molecule has 1 aromatic carbocycles. The Balaban J connectivity index is 2.63. The van der Waals surface area contributed by atoms with Crippen molar-refractivity contribution in [3.63, 3.8) is 0 Å². The van der Waals surface area contributed by atoms with Gasteiger partial charge in [-0.05, 0) is 19.2 Å². The van der Waals surface area contributed by atoms with Gasteiger partial charge in [0, 0.05) is 25.2 Å². The van der Waals surface area contributed by atoms with Crippen molar-refractivity contribution < 1.29 is 8.78 Å². The summed E-state index contributed by atoms with van der Waals surface area (Å²) in [6.07, 6.45) is 0. The van der Waals surface area contributed by atoms with E-state index in [0.717, 1.165) is 12.1 Å². The smallest absolute Gasteiger partial charge is 0.271 e. The molecule has 0 amide bonds. The summed E-state index contributed by atoms with van der Waals surface area (Å²) in [5, 5.41) is 5.63. The molecule has 0 aliphatic rings. The molecule has 2 aromatic rings. The Hall–Kier alpha value is -1.95. The van der Waals surface area contributed by atoms with Crippen molar-refractivity contribution in [2.24, 2.45) is 7.05 Å². The van der Waals surface area contributed by atoms with Crippen LogP contribution in [0.2, 0.25) is 0 Å². The highest BCUT2D eigenvalue weighted by Crippen LogP contribution is 2.23. The highest BCUT2D eigenvalue weighted by Gasteiger charge is 2.16. The second-order valence-electron chi connectivity index (χ2n) is 3.98. The van der Waals surface area contributed by atoms with Crippen LogP contribution in [-0.4, -0.2) is 16.8 Å². The van der Waals surface area contributed by atoms with Crippen LogP contribution in [0.25, 0.3) is 11.3 Å². The van der Waals surface area contributed by atoms with Crippen LogP contribution >= 0.6 is 0 Å². The predicted molar refractivity (Wildman–Crippen MR) is 64.1 cm³/mol. The Morgan fingerprint density at radius 2 is 2.11 bits per heavy atom. The van der Waals surface area contributed by atoms with Gasteiger partial charge in [0.25, 0.3) is 5.56 Å². The predicted octanol–water partition coefficient (Wildman–Crippen LogP) is 1.38. The molecule has 4 nitrogen and oxygen atoms in total. The molecule has 2 rings (SSSR count). The second-order valence-corrected chi connectivity index (χ2v) is 3.98. The zero-order chi connectivity index (χ0) is 13.3. The number of H-pyrrole nitrogens is 1. The Morgan fingerprint density at radius 1 is 1.39 bits per heavy atom. The van der Waals surface area contributed by atoms with Crippen molar-refractivity contribution >= 4 is 0 Å². The van der Waals surface area contributed by atoms with Gasteiger partial charge in [0.05, 0.1) is 11.3 Å². The van der Waals surface area contributed by atoms with Crippen LogP contribution in [0.15, 0.2) is 23.0 Å². The first-order chi connectivity index (χ1) is 8.54. The van der Waals surface area contributed by atoms with Gasteiger partial charge in [-0.25, -0.2) is 8.78 Å². The van der Waals surface area contributed by atoms with Crippen molar-refractivity contribution in [1.29, 1.82) is 0 Å². The third-order valence-corrected chi connectivity index (χ3v) is 2.70. The van der Waals surface area contributed by atoms with Crippen LogP contribution < -0.4 is 10.9 Å². The minimum absolute atomic E-state index is 0.180. The summed E-state index contributed by atoms with van der Waals surface area (Å²) in [4.78, 5) is 11.8. The lowest BCUT2D eigenvalue weighted by atomic mass is 10.1. The first-order valence-corrected chi connectivity index (χ1v) is 5.42. The lowest BCUT2D eigenvalue weighted by molar-refractivity contribution is 0.585. The first-order valence-electron chi connectivity index (χ1n) is 5.42. The molecule has 0 saturated heterocycles. The zero-order valence-corrected chi connectivity index (χ0v) is 10.1. The number of hydrogen-bond acceptors (Lipinski definition) is 2. The van der Waals surface area contributed by atoms with Crippen LogP contribution in [0.3, 0.4) is 0 Å². The minimum atomic E-state index is -0.700. The number of benzene rings is 1. The van der Waals surface area contributed by atoms with E-state index in [2.05, 4.69) is 10.4 Å². The van der Waals surface area contributed by atoms with Crippen molar-refractivity contribution in [2.75, 3.05) is 7.05 Å². The molecule has 0 aliphatic carbocycles. The Morgan fingerprint density at radius 3 is 2.72 bits per heavy atom. The highest BCUT2D eigenvalue weighted by molar-refractivity contribution is 5.63. The molecular weight excluding hydrogens is 240 g/mol. The Bertz CT molecular complexity index is 631. The number of nitrogens with one attached hydrogen (secondary N) is 2. The highest BCUT2D eigenvalue weighted by atomic mass is 19.1. The van der Waals surface area contributed by atoms with E-state index in [1.54, 1.807) is 14.1 Å². The van der Waals surface area contributed by atoms with Crippen molar-refractivity contribution in [3.05, 3.63) is 45.8 Å². The number of halogens is 2. The van der Waals surface area contributed by atoms with E-state index in [-0.39, 0.29) is 11.1 Å². The lowest BCUT2D eigenvalue weighted by Gasteiger charge is -2.03. The summed E-state index contributed by atoms with van der Waals surface area (Å²) in [6.45, 7) is 0.308. The molecule has 0 unspecified atom stereocenters. The molecule has 0 fully saturated rings. The fraction of sp³-hybridized carbons (Fsp3) is 0.250. The maximum atomic E-state index is 13.7. The largest absolute Gasteiger partial charge is 0.315 e. The summed E-state index contributed by atoms with van der Waals surface area (Å²) in [5.74, 6) is -1.35. The van der Waals surface area contributed by atoms with Gasteiger partial charge < -0.3 is 5.32 Å². The molecule has 1 aromatic heterocycles. The van der Waals surface area contributed by atoms with Gasteiger partial charge in [-0.15, -0.1) is 0 Å². The number of rotatable bonds is 3. The average Bonchev–Trinajstić information content (AvgIpc) is 2.58. The minimum Gasteiger partial charge on any atom is -0.315 e.